The number of nitrogens with one attached hydrogen (secondary N) is 3. The Morgan fingerprint density at radius 1 is 0.940 bits per heavy atom. The Bertz CT molecular complexity index is 1800. The van der Waals surface area contributed by atoms with Gasteiger partial charge < -0.3 is 32.0 Å². The summed E-state index contributed by atoms with van der Waals surface area (Å²) in [6.07, 6.45) is 6.23. The molecule has 0 radical (unpaired) electrons. The van der Waals surface area contributed by atoms with Crippen molar-refractivity contribution in [1.82, 2.24) is 25.5 Å². The Morgan fingerprint density at radius 2 is 1.72 bits per heavy atom. The van der Waals surface area contributed by atoms with Gasteiger partial charge in [-0.05, 0) is 74.2 Å². The summed E-state index contributed by atoms with van der Waals surface area (Å²) in [6.45, 7) is 0.726. The molecule has 3 heterocycles. The van der Waals surface area contributed by atoms with E-state index in [4.69, 9.17) is 11.5 Å². The van der Waals surface area contributed by atoms with E-state index in [0.29, 0.717) is 55.8 Å². The van der Waals surface area contributed by atoms with Crippen LogP contribution in [-0.2, 0) is 33.9 Å². The number of ketones is 1. The average Bonchev–Trinajstić information content (AvgIpc) is 3.53. The molecule has 50 heavy (non-hydrogen) atoms. The number of nitrogens with two attached hydrogens (primary N) is 2. The Labute approximate surface area is 295 Å². The third kappa shape index (κ3) is 8.94. The van der Waals surface area contributed by atoms with E-state index in [1.54, 1.807) is 25.5 Å². The monoisotopic (exact) mass is 705 g/mol. The molecule has 5 rings (SSSR count). The van der Waals surface area contributed by atoms with Gasteiger partial charge in [-0.3, -0.25) is 14.4 Å². The maximum absolute atomic E-state index is 15.4. The maximum Gasteiger partial charge on any atom is 0.243 e. The molecule has 0 fully saturated rings. The summed E-state index contributed by atoms with van der Waals surface area (Å²) in [5, 5.41) is 7.47. The highest BCUT2D eigenvalue weighted by atomic mass is 32.2. The lowest BCUT2D eigenvalue weighted by Crippen LogP contribution is -2.51. The molecule has 0 spiro atoms. The Morgan fingerprint density at radius 3 is 2.52 bits per heavy atom. The first kappa shape index (κ1) is 37.1. The minimum Gasteiger partial charge on any atom is -0.361 e. The molecular weight excluding hydrogens is 661 g/mol. The van der Waals surface area contributed by atoms with E-state index in [2.05, 4.69) is 20.6 Å². The van der Waals surface area contributed by atoms with Crippen molar-refractivity contribution in [2.24, 2.45) is 17.4 Å². The predicted molar refractivity (Wildman–Crippen MR) is 190 cm³/mol. The van der Waals surface area contributed by atoms with Gasteiger partial charge >= 0.3 is 0 Å². The SMILES string of the molecule is CN1C(=O)[C@H](CCCCN)CC(=O)[C@H](CCCN)NCc2cccnc2Sc2c(F)ccc(F)c2CNC(=O)[C@@H]1Cc1c[nH]c2ccccc12. The van der Waals surface area contributed by atoms with Crippen LogP contribution >= 0.6 is 11.8 Å². The van der Waals surface area contributed by atoms with Crippen LogP contribution in [0.4, 0.5) is 8.78 Å². The molecule has 2 aromatic heterocycles. The standard InChI is InChI=1S/C37H45F2N7O3S/c1-46-32(18-25-21-43-30-11-3-2-10-26(25)30)35(48)45-22-27-28(38)13-14-29(39)34(27)50-36-24(9-7-17-42-36)20-44-31(12-6-16-41)33(47)19-23(37(46)49)8-4-5-15-40/h2-3,7,9-11,13-14,17,21,23,31-32,43-44H,4-6,8,12,15-16,18-20,22,40-41H2,1H3,(H,45,48)/t23-,31+,32+/m1/s1. The Kier molecular flexibility index (Phi) is 13.1. The molecule has 4 aromatic rings. The van der Waals surface area contributed by atoms with E-state index in [1.807, 2.05) is 30.3 Å². The van der Waals surface area contributed by atoms with Crippen molar-refractivity contribution in [1.29, 1.82) is 0 Å². The third-order valence-corrected chi connectivity index (χ3v) is 10.5. The van der Waals surface area contributed by atoms with Gasteiger partial charge in [-0.25, -0.2) is 13.8 Å². The molecule has 7 N–H and O–H groups in total. The van der Waals surface area contributed by atoms with Crippen LogP contribution in [0, 0.1) is 17.6 Å². The number of fused-ring (bicyclic) bond motifs is 3. The number of aromatic amines is 1. The fourth-order valence-electron chi connectivity index (χ4n) is 6.41. The van der Waals surface area contributed by atoms with Crippen LogP contribution < -0.4 is 22.1 Å². The lowest BCUT2D eigenvalue weighted by molar-refractivity contribution is -0.143. The van der Waals surface area contributed by atoms with E-state index >= 15 is 8.78 Å². The number of amides is 2. The van der Waals surface area contributed by atoms with Crippen LogP contribution in [0.5, 0.6) is 0 Å². The number of likely N-dealkylation sites (N-methyl/N-ethyl adjacent to an activating group) is 1. The smallest absolute Gasteiger partial charge is 0.243 e. The van der Waals surface area contributed by atoms with Crippen molar-refractivity contribution in [3.05, 3.63) is 89.2 Å². The van der Waals surface area contributed by atoms with Gasteiger partial charge in [-0.2, -0.15) is 0 Å². The normalized spacial score (nSPS) is 19.6. The number of rotatable bonds is 9. The second-order valence-corrected chi connectivity index (χ2v) is 13.7. The number of carbonyl (C=O) groups is 3. The van der Waals surface area contributed by atoms with Crippen LogP contribution in [0.1, 0.15) is 55.2 Å². The number of Topliss-reactive ketones (excluding diaryl/α,β-unsaturated/α-hetero) is 1. The van der Waals surface area contributed by atoms with Crippen LogP contribution in [0.15, 0.2) is 70.8 Å². The summed E-state index contributed by atoms with van der Waals surface area (Å²) < 4.78 is 30.9. The van der Waals surface area contributed by atoms with Gasteiger partial charge in [0.1, 0.15) is 22.7 Å². The fourth-order valence-corrected chi connectivity index (χ4v) is 7.45. The minimum absolute atomic E-state index is 0.0112. The van der Waals surface area contributed by atoms with Crippen molar-refractivity contribution in [2.45, 2.75) is 80.0 Å². The van der Waals surface area contributed by atoms with Crippen LogP contribution in [-0.4, -0.2) is 64.7 Å². The summed E-state index contributed by atoms with van der Waals surface area (Å²) in [6, 6.07) is 11.6. The van der Waals surface area contributed by atoms with E-state index in [9.17, 15) is 14.4 Å². The molecule has 2 aromatic carbocycles. The summed E-state index contributed by atoms with van der Waals surface area (Å²) >= 11 is 0.960. The molecule has 2 amide bonds. The molecule has 0 saturated heterocycles. The highest BCUT2D eigenvalue weighted by Gasteiger charge is 2.34. The number of para-hydroxylation sites is 1. The lowest BCUT2D eigenvalue weighted by Gasteiger charge is -2.31. The number of pyridine rings is 1. The van der Waals surface area contributed by atoms with Crippen LogP contribution in [0.3, 0.4) is 0 Å². The van der Waals surface area contributed by atoms with E-state index < -0.39 is 35.5 Å². The quantitative estimate of drug-likeness (QED) is 0.158. The second kappa shape index (κ2) is 17.7. The highest BCUT2D eigenvalue weighted by Crippen LogP contribution is 2.35. The second-order valence-electron chi connectivity index (χ2n) is 12.7. The van der Waals surface area contributed by atoms with E-state index in [1.165, 1.54) is 4.90 Å². The zero-order valence-electron chi connectivity index (χ0n) is 28.2. The summed E-state index contributed by atoms with van der Waals surface area (Å²) in [5.41, 5.74) is 13.9. The molecule has 3 atom stereocenters. The van der Waals surface area contributed by atoms with Crippen molar-refractivity contribution >= 4 is 40.3 Å². The van der Waals surface area contributed by atoms with Gasteiger partial charge in [-0.15, -0.1) is 0 Å². The summed E-state index contributed by atoms with van der Waals surface area (Å²) in [7, 11) is 1.56. The minimum atomic E-state index is -1.02. The van der Waals surface area contributed by atoms with Crippen molar-refractivity contribution in [3.63, 3.8) is 0 Å². The molecule has 0 unspecified atom stereocenters. The van der Waals surface area contributed by atoms with Gasteiger partial charge in [0.15, 0.2) is 5.78 Å². The molecule has 13 heteroatoms. The molecule has 0 bridgehead atoms. The average molecular weight is 706 g/mol. The number of unbranched alkanes of at least 4 members (excludes halogenated alkanes) is 1. The molecule has 0 aliphatic carbocycles. The topological polar surface area (TPSA) is 159 Å². The number of hydrogen-bond acceptors (Lipinski definition) is 8. The molecular formula is C37H45F2N7O3S. The third-order valence-electron chi connectivity index (χ3n) is 9.28. The van der Waals surface area contributed by atoms with Crippen LogP contribution in [0.25, 0.3) is 10.9 Å². The van der Waals surface area contributed by atoms with Gasteiger partial charge in [0.25, 0.3) is 0 Å². The zero-order chi connectivity index (χ0) is 35.6. The zero-order valence-corrected chi connectivity index (χ0v) is 29.0. The highest BCUT2D eigenvalue weighted by molar-refractivity contribution is 7.99. The van der Waals surface area contributed by atoms with E-state index in [-0.39, 0.29) is 48.1 Å². The predicted octanol–water partition coefficient (Wildman–Crippen LogP) is 4.59. The maximum atomic E-state index is 15.4. The first-order valence-corrected chi connectivity index (χ1v) is 17.9. The van der Waals surface area contributed by atoms with Gasteiger partial charge in [0.05, 0.1) is 10.9 Å². The Balaban J connectivity index is 1.58. The first-order valence-electron chi connectivity index (χ1n) is 17.1. The molecule has 10 nitrogen and oxygen atoms in total. The van der Waals surface area contributed by atoms with Crippen molar-refractivity contribution < 1.29 is 23.2 Å². The number of aromatic nitrogens is 2. The molecule has 1 aliphatic rings. The fraction of sp³-hybridized carbons (Fsp3) is 0.405. The largest absolute Gasteiger partial charge is 0.361 e. The van der Waals surface area contributed by atoms with Crippen molar-refractivity contribution in [2.75, 3.05) is 20.1 Å². The lowest BCUT2D eigenvalue weighted by atomic mass is 9.90. The number of nitrogens with zero attached hydrogens (tertiary/aromatic N) is 2. The number of H-pyrrole nitrogens is 1. The molecule has 0 saturated carbocycles. The number of benzene rings is 2. The number of carbonyl (C=O) groups excluding carboxylic acids is 3. The van der Waals surface area contributed by atoms with Gasteiger partial charge in [0, 0.05) is 67.8 Å². The summed E-state index contributed by atoms with van der Waals surface area (Å²) in [5.74, 6) is -3.08. The summed E-state index contributed by atoms with van der Waals surface area (Å²) in [4.78, 5) is 51.5. The van der Waals surface area contributed by atoms with Gasteiger partial charge in [0.2, 0.25) is 11.8 Å². The van der Waals surface area contributed by atoms with Crippen molar-refractivity contribution in [3.8, 4) is 0 Å². The Hall–Kier alpha value is -4.17. The van der Waals surface area contributed by atoms with Gasteiger partial charge in [-0.1, -0.05) is 42.4 Å². The van der Waals surface area contributed by atoms with Crippen LogP contribution in [0.2, 0.25) is 0 Å². The van der Waals surface area contributed by atoms with E-state index in [0.717, 1.165) is 40.4 Å². The number of halogens is 2. The first-order chi connectivity index (χ1) is 24.2. The number of hydrogen-bond donors (Lipinski definition) is 5. The molecule has 266 valence electrons. The molecule has 1 aliphatic heterocycles.